The van der Waals surface area contributed by atoms with Crippen LogP contribution in [0.4, 0.5) is 4.39 Å². The molecule has 3 rings (SSSR count). The van der Waals surface area contributed by atoms with E-state index in [1.54, 1.807) is 30.3 Å². The van der Waals surface area contributed by atoms with Crippen LogP contribution in [-0.2, 0) is 26.0 Å². The van der Waals surface area contributed by atoms with Crippen LogP contribution in [0.2, 0.25) is 0 Å². The molecular weight excluding hydrogens is 399 g/mol. The standard InChI is InChI=1S/C17H12BrFO4S/c18-12-5-6-13(15(19)7-12)16-14(8-23-17(16)20)11-3-1-10(2-4-11)9-24(21)22/h1-7,24H,8-9H2. The van der Waals surface area contributed by atoms with Gasteiger partial charge in [-0.3, -0.25) is 0 Å². The van der Waals surface area contributed by atoms with E-state index < -0.39 is 22.5 Å². The molecule has 0 spiro atoms. The number of benzene rings is 2. The Morgan fingerprint density at radius 1 is 1.12 bits per heavy atom. The van der Waals surface area contributed by atoms with Crippen molar-refractivity contribution in [3.8, 4) is 0 Å². The highest BCUT2D eigenvalue weighted by Gasteiger charge is 2.29. The van der Waals surface area contributed by atoms with Crippen molar-refractivity contribution in [2.24, 2.45) is 0 Å². The summed E-state index contributed by atoms with van der Waals surface area (Å²) in [6.07, 6.45) is 0. The second-order valence-electron chi connectivity index (χ2n) is 5.24. The van der Waals surface area contributed by atoms with E-state index in [1.165, 1.54) is 12.1 Å². The quantitative estimate of drug-likeness (QED) is 0.621. The van der Waals surface area contributed by atoms with Gasteiger partial charge in [0.15, 0.2) is 0 Å². The summed E-state index contributed by atoms with van der Waals surface area (Å²) in [6, 6.07) is 11.2. The molecule has 1 aliphatic heterocycles. The number of esters is 1. The summed E-state index contributed by atoms with van der Waals surface area (Å²) in [5.74, 6) is -1.13. The summed E-state index contributed by atoms with van der Waals surface area (Å²) in [6.45, 7) is 0.0544. The Bertz CT molecular complexity index is 909. The van der Waals surface area contributed by atoms with E-state index in [2.05, 4.69) is 15.9 Å². The van der Waals surface area contributed by atoms with Crippen LogP contribution in [-0.4, -0.2) is 21.0 Å². The van der Waals surface area contributed by atoms with Gasteiger partial charge in [0.2, 0.25) is 0 Å². The van der Waals surface area contributed by atoms with Gasteiger partial charge < -0.3 is 4.74 Å². The first-order chi connectivity index (χ1) is 11.5. The number of hydrogen-bond acceptors (Lipinski definition) is 4. The van der Waals surface area contributed by atoms with Gasteiger partial charge in [-0.25, -0.2) is 17.6 Å². The lowest BCUT2D eigenvalue weighted by atomic mass is 9.96. The molecule has 7 heteroatoms. The van der Waals surface area contributed by atoms with Crippen molar-refractivity contribution in [1.29, 1.82) is 0 Å². The van der Waals surface area contributed by atoms with Gasteiger partial charge in [-0.2, -0.15) is 0 Å². The van der Waals surface area contributed by atoms with Gasteiger partial charge >= 0.3 is 5.97 Å². The van der Waals surface area contributed by atoms with Crippen molar-refractivity contribution in [2.45, 2.75) is 5.75 Å². The molecule has 24 heavy (non-hydrogen) atoms. The molecule has 2 aromatic carbocycles. The van der Waals surface area contributed by atoms with Crippen molar-refractivity contribution in [2.75, 3.05) is 6.61 Å². The average Bonchev–Trinajstić information content (AvgIpc) is 2.89. The molecule has 0 N–H and O–H groups in total. The first kappa shape index (κ1) is 16.9. The summed E-state index contributed by atoms with van der Waals surface area (Å²) in [7, 11) is -2.50. The Labute approximate surface area is 148 Å². The second-order valence-corrected chi connectivity index (χ2v) is 7.14. The molecular formula is C17H12BrFO4S. The summed E-state index contributed by atoms with van der Waals surface area (Å²) >= 11 is 3.19. The number of rotatable bonds is 4. The van der Waals surface area contributed by atoms with Gasteiger partial charge in [0.05, 0.1) is 11.3 Å². The molecule has 0 saturated carbocycles. The van der Waals surface area contributed by atoms with Crippen LogP contribution in [0, 0.1) is 5.82 Å². The molecule has 0 radical (unpaired) electrons. The molecule has 0 aliphatic carbocycles. The monoisotopic (exact) mass is 410 g/mol. The lowest BCUT2D eigenvalue weighted by molar-refractivity contribution is -0.133. The minimum absolute atomic E-state index is 0.0434. The van der Waals surface area contributed by atoms with Crippen LogP contribution < -0.4 is 0 Å². The highest BCUT2D eigenvalue weighted by Crippen LogP contribution is 2.34. The summed E-state index contributed by atoms with van der Waals surface area (Å²) in [5, 5.41) is 0. The third-order valence-corrected chi connectivity index (χ3v) is 4.78. The fourth-order valence-corrected chi connectivity index (χ4v) is 3.40. The largest absolute Gasteiger partial charge is 0.457 e. The zero-order valence-electron chi connectivity index (χ0n) is 12.3. The van der Waals surface area contributed by atoms with E-state index in [-0.39, 0.29) is 23.5 Å². The van der Waals surface area contributed by atoms with E-state index in [9.17, 15) is 17.6 Å². The van der Waals surface area contributed by atoms with E-state index in [0.717, 1.165) is 0 Å². The summed E-state index contributed by atoms with van der Waals surface area (Å²) in [4.78, 5) is 12.1. The maximum absolute atomic E-state index is 14.2. The fraction of sp³-hybridized carbons (Fsp3) is 0.118. The summed E-state index contributed by atoms with van der Waals surface area (Å²) < 4.78 is 41.4. The Hall–Kier alpha value is -1.99. The van der Waals surface area contributed by atoms with E-state index >= 15 is 0 Å². The Morgan fingerprint density at radius 3 is 2.46 bits per heavy atom. The van der Waals surface area contributed by atoms with Crippen LogP contribution in [0.3, 0.4) is 0 Å². The predicted octanol–water partition coefficient (Wildman–Crippen LogP) is 3.17. The number of halogens is 2. The number of cyclic esters (lactones) is 1. The normalized spacial score (nSPS) is 14.4. The predicted molar refractivity (Wildman–Crippen MR) is 92.3 cm³/mol. The first-order valence-corrected chi connectivity index (χ1v) is 9.18. The minimum Gasteiger partial charge on any atom is -0.457 e. The van der Waals surface area contributed by atoms with E-state index in [4.69, 9.17) is 4.74 Å². The first-order valence-electron chi connectivity index (χ1n) is 7.02. The average molecular weight is 411 g/mol. The van der Waals surface area contributed by atoms with Crippen molar-refractivity contribution < 1.29 is 22.3 Å². The maximum Gasteiger partial charge on any atom is 0.339 e. The molecule has 124 valence electrons. The zero-order valence-corrected chi connectivity index (χ0v) is 14.8. The molecule has 2 aromatic rings. The Morgan fingerprint density at radius 2 is 1.83 bits per heavy atom. The molecule has 0 amide bonds. The van der Waals surface area contributed by atoms with Gasteiger partial charge in [0.1, 0.15) is 23.1 Å². The highest BCUT2D eigenvalue weighted by molar-refractivity contribution is 9.10. The molecule has 0 saturated heterocycles. The van der Waals surface area contributed by atoms with Crippen molar-refractivity contribution in [1.82, 2.24) is 0 Å². The van der Waals surface area contributed by atoms with Crippen LogP contribution in [0.15, 0.2) is 46.9 Å². The van der Waals surface area contributed by atoms with Gasteiger partial charge in [-0.05, 0) is 23.3 Å². The highest BCUT2D eigenvalue weighted by atomic mass is 79.9. The van der Waals surface area contributed by atoms with Crippen LogP contribution >= 0.6 is 15.9 Å². The topological polar surface area (TPSA) is 60.4 Å². The van der Waals surface area contributed by atoms with Crippen molar-refractivity contribution in [3.05, 3.63) is 69.4 Å². The lowest BCUT2D eigenvalue weighted by Gasteiger charge is -2.07. The van der Waals surface area contributed by atoms with E-state index in [1.807, 2.05) is 0 Å². The van der Waals surface area contributed by atoms with Gasteiger partial charge in [0.25, 0.3) is 0 Å². The van der Waals surface area contributed by atoms with Crippen molar-refractivity contribution >= 4 is 43.7 Å². The third-order valence-electron chi connectivity index (χ3n) is 3.67. The number of carbonyl (C=O) groups is 1. The molecule has 0 atom stereocenters. The van der Waals surface area contributed by atoms with Crippen molar-refractivity contribution in [3.63, 3.8) is 0 Å². The van der Waals surface area contributed by atoms with Gasteiger partial charge in [0, 0.05) is 15.6 Å². The molecule has 0 aromatic heterocycles. The molecule has 4 nitrogen and oxygen atoms in total. The van der Waals surface area contributed by atoms with Crippen LogP contribution in [0.5, 0.6) is 0 Å². The number of hydrogen-bond donors (Lipinski definition) is 1. The number of ether oxygens (including phenoxy) is 1. The molecule has 0 fully saturated rings. The molecule has 0 bridgehead atoms. The molecule has 1 heterocycles. The van der Waals surface area contributed by atoms with E-state index in [0.29, 0.717) is 21.2 Å². The smallest absolute Gasteiger partial charge is 0.339 e. The summed E-state index contributed by atoms with van der Waals surface area (Å²) in [5.41, 5.74) is 2.31. The fourth-order valence-electron chi connectivity index (χ4n) is 2.56. The SMILES string of the molecule is O=C1OCC(c2ccc(C[SH](=O)=O)cc2)=C1c1ccc(Br)cc1F. The third kappa shape index (κ3) is 3.42. The van der Waals surface area contributed by atoms with Gasteiger partial charge in [-0.1, -0.05) is 46.3 Å². The maximum atomic E-state index is 14.2. The van der Waals surface area contributed by atoms with Crippen LogP contribution in [0.1, 0.15) is 16.7 Å². The lowest BCUT2D eigenvalue weighted by Crippen LogP contribution is -2.00. The second kappa shape index (κ2) is 6.86. The van der Waals surface area contributed by atoms with Crippen LogP contribution in [0.25, 0.3) is 11.1 Å². The number of thiol groups is 1. The number of carbonyl (C=O) groups excluding carboxylic acids is 1. The minimum atomic E-state index is -2.50. The Kier molecular flexibility index (Phi) is 4.82. The van der Waals surface area contributed by atoms with Gasteiger partial charge in [-0.15, -0.1) is 0 Å². The Balaban J connectivity index is 2.06. The zero-order chi connectivity index (χ0) is 17.3. The molecule has 1 aliphatic rings. The molecule has 0 unspecified atom stereocenters.